The molecule has 14 heteroatoms. The third kappa shape index (κ3) is 5.83. The largest absolute Gasteiger partial charge is 0.459 e. The molecule has 4 atom stereocenters. The average Bonchev–Trinajstić information content (AvgIpc) is 3.54. The summed E-state index contributed by atoms with van der Waals surface area (Å²) in [4.78, 5) is 53.0. The first kappa shape index (κ1) is 27.2. The minimum atomic E-state index is -1.11. The van der Waals surface area contributed by atoms with Crippen LogP contribution in [0.15, 0.2) is 72.4 Å². The highest BCUT2D eigenvalue weighted by Crippen LogP contribution is 2.36. The minimum Gasteiger partial charge on any atom is -0.459 e. The Hall–Kier alpha value is -5.33. The molecule has 2 aromatic heterocycles. The second-order valence-corrected chi connectivity index (χ2v) is 9.17. The Kier molecular flexibility index (Phi) is 7.85. The van der Waals surface area contributed by atoms with E-state index in [0.29, 0.717) is 11.1 Å². The van der Waals surface area contributed by atoms with Gasteiger partial charge in [-0.15, -0.1) is 0 Å². The van der Waals surface area contributed by atoms with Gasteiger partial charge in [0.05, 0.1) is 11.9 Å². The normalized spacial score (nSPS) is 19.8. The molecule has 2 aromatic carbocycles. The van der Waals surface area contributed by atoms with Crippen molar-refractivity contribution in [2.75, 3.05) is 11.9 Å². The maximum Gasteiger partial charge on any atom is 0.338 e. The number of nitrogens with zero attached hydrogens (tertiary/aromatic N) is 7. The number of hydrogen-bond donors (Lipinski definition) is 1. The highest BCUT2D eigenvalue weighted by molar-refractivity contribution is 6.06. The van der Waals surface area contributed by atoms with Crippen LogP contribution >= 0.6 is 0 Å². The van der Waals surface area contributed by atoms with Crippen LogP contribution in [-0.2, 0) is 19.0 Å². The van der Waals surface area contributed by atoms with Crippen molar-refractivity contribution < 1.29 is 28.6 Å². The molecule has 1 saturated heterocycles. The Morgan fingerprint density at radius 2 is 1.83 bits per heavy atom. The Morgan fingerprint density at radius 3 is 2.54 bits per heavy atom. The van der Waals surface area contributed by atoms with Crippen molar-refractivity contribution in [3.63, 3.8) is 0 Å². The summed E-state index contributed by atoms with van der Waals surface area (Å²) in [5.74, 6) is -1.48. The summed E-state index contributed by atoms with van der Waals surface area (Å²) >= 11 is 0. The number of ether oxygens (including phenoxy) is 3. The van der Waals surface area contributed by atoms with Crippen LogP contribution in [0.1, 0.15) is 39.4 Å². The van der Waals surface area contributed by atoms with Crippen LogP contribution in [0.4, 0.5) is 5.82 Å². The van der Waals surface area contributed by atoms with Gasteiger partial charge < -0.3 is 19.5 Å². The first-order chi connectivity index (χ1) is 19.9. The Morgan fingerprint density at radius 1 is 1.07 bits per heavy atom. The Balaban J connectivity index is 1.42. The van der Waals surface area contributed by atoms with Crippen molar-refractivity contribution in [1.29, 1.82) is 0 Å². The molecule has 1 aliphatic rings. The number of azide groups is 1. The molecule has 3 heterocycles. The molecule has 5 rings (SSSR count). The fourth-order valence-electron chi connectivity index (χ4n) is 4.43. The van der Waals surface area contributed by atoms with Crippen molar-refractivity contribution in [1.82, 2.24) is 19.5 Å². The number of rotatable bonds is 8. The molecule has 0 aliphatic carbocycles. The van der Waals surface area contributed by atoms with Gasteiger partial charge in [0, 0.05) is 17.4 Å². The average molecular weight is 557 g/mol. The molecule has 0 bridgehead atoms. The molecule has 1 fully saturated rings. The number of esters is 2. The van der Waals surface area contributed by atoms with Crippen molar-refractivity contribution in [2.24, 2.45) is 5.11 Å². The smallest absolute Gasteiger partial charge is 0.338 e. The number of carbonyl (C=O) groups excluding carboxylic acids is 3. The van der Waals surface area contributed by atoms with Gasteiger partial charge >= 0.3 is 11.9 Å². The lowest BCUT2D eigenvalue weighted by atomic mass is 10.1. The summed E-state index contributed by atoms with van der Waals surface area (Å²) in [7, 11) is 0. The highest BCUT2D eigenvalue weighted by atomic mass is 16.6. The molecule has 14 nitrogen and oxygen atoms in total. The molecule has 4 unspecified atom stereocenters. The standard InChI is InChI=1S/C27H24N8O6/c1-15-8-10-18(11-9-15)27(38)39-12-19-20(33-34-28)22(40-16(2)36)26(41-19)35-14-31-21-23(29-13-30-24(21)35)32-25(37)17-6-4-3-5-7-17/h3-11,13-14,19-20,22,26H,12H2,1-2H3,(H,29,30,32,37). The molecular weight excluding hydrogens is 532 g/mol. The predicted octanol–water partition coefficient (Wildman–Crippen LogP) is 3.75. The number of benzene rings is 2. The second-order valence-electron chi connectivity index (χ2n) is 9.17. The monoisotopic (exact) mass is 556 g/mol. The fourth-order valence-corrected chi connectivity index (χ4v) is 4.43. The second kappa shape index (κ2) is 11.8. The molecule has 208 valence electrons. The lowest BCUT2D eigenvalue weighted by Crippen LogP contribution is -2.36. The molecule has 0 spiro atoms. The Labute approximate surface area is 232 Å². The number of aromatic nitrogens is 4. The predicted molar refractivity (Wildman–Crippen MR) is 144 cm³/mol. The topological polar surface area (TPSA) is 183 Å². The first-order valence-electron chi connectivity index (χ1n) is 12.5. The number of nitrogens with one attached hydrogen (secondary N) is 1. The van der Waals surface area contributed by atoms with E-state index in [4.69, 9.17) is 14.2 Å². The van der Waals surface area contributed by atoms with Crippen LogP contribution in [0.2, 0.25) is 0 Å². The van der Waals surface area contributed by atoms with E-state index in [1.165, 1.54) is 24.1 Å². The third-order valence-corrected chi connectivity index (χ3v) is 6.37. The van der Waals surface area contributed by atoms with Gasteiger partial charge in [0.15, 0.2) is 29.3 Å². The quantitative estimate of drug-likeness (QED) is 0.146. The van der Waals surface area contributed by atoms with E-state index in [9.17, 15) is 19.9 Å². The van der Waals surface area contributed by atoms with E-state index in [1.54, 1.807) is 54.6 Å². The molecule has 41 heavy (non-hydrogen) atoms. The van der Waals surface area contributed by atoms with Crippen LogP contribution in [0, 0.1) is 6.92 Å². The number of carbonyl (C=O) groups is 3. The van der Waals surface area contributed by atoms with Gasteiger partial charge in [0.25, 0.3) is 5.91 Å². The summed E-state index contributed by atoms with van der Waals surface area (Å²) in [5, 5.41) is 6.52. The van der Waals surface area contributed by atoms with E-state index < -0.39 is 42.3 Å². The number of anilines is 1. The van der Waals surface area contributed by atoms with E-state index in [2.05, 4.69) is 30.3 Å². The van der Waals surface area contributed by atoms with E-state index >= 15 is 0 Å². The SMILES string of the molecule is CC(=O)OC1C(N=[N+]=[N-])C(COC(=O)c2ccc(C)cc2)OC1n1cnc2c(NC(=O)c3ccccc3)ncnc21. The molecule has 4 aromatic rings. The van der Waals surface area contributed by atoms with Crippen LogP contribution < -0.4 is 5.32 Å². The fraction of sp³-hybridized carbons (Fsp3) is 0.259. The van der Waals surface area contributed by atoms with Gasteiger partial charge in [-0.1, -0.05) is 41.0 Å². The molecule has 1 N–H and O–H groups in total. The van der Waals surface area contributed by atoms with E-state index in [0.717, 1.165) is 5.56 Å². The number of fused-ring (bicyclic) bond motifs is 1. The van der Waals surface area contributed by atoms with Gasteiger partial charge in [-0.05, 0) is 36.7 Å². The molecular formula is C27H24N8O6. The van der Waals surface area contributed by atoms with Gasteiger partial charge in [0.2, 0.25) is 0 Å². The highest BCUT2D eigenvalue weighted by Gasteiger charge is 2.48. The van der Waals surface area contributed by atoms with Crippen LogP contribution in [0.25, 0.3) is 21.6 Å². The van der Waals surface area contributed by atoms with Gasteiger partial charge in [-0.25, -0.2) is 19.7 Å². The van der Waals surface area contributed by atoms with Gasteiger partial charge in [0.1, 0.15) is 25.1 Å². The van der Waals surface area contributed by atoms with Crippen molar-refractivity contribution in [2.45, 2.75) is 38.3 Å². The zero-order valence-corrected chi connectivity index (χ0v) is 21.9. The number of amides is 1. The zero-order valence-electron chi connectivity index (χ0n) is 21.9. The lowest BCUT2D eigenvalue weighted by molar-refractivity contribution is -0.152. The Bertz CT molecular complexity index is 1630. The van der Waals surface area contributed by atoms with Crippen molar-refractivity contribution >= 4 is 34.8 Å². The number of imidazole rings is 1. The summed E-state index contributed by atoms with van der Waals surface area (Å²) in [6, 6.07) is 14.4. The van der Waals surface area contributed by atoms with Gasteiger partial charge in [-0.3, -0.25) is 14.2 Å². The number of aryl methyl sites for hydroxylation is 1. The van der Waals surface area contributed by atoms with Gasteiger partial charge in [-0.2, -0.15) is 0 Å². The van der Waals surface area contributed by atoms with Crippen LogP contribution in [0.3, 0.4) is 0 Å². The summed E-state index contributed by atoms with van der Waals surface area (Å²) < 4.78 is 18.6. The summed E-state index contributed by atoms with van der Waals surface area (Å²) in [5.41, 5.74) is 11.5. The molecule has 0 saturated carbocycles. The number of hydrogen-bond acceptors (Lipinski definition) is 10. The van der Waals surface area contributed by atoms with Crippen LogP contribution in [0.5, 0.6) is 0 Å². The third-order valence-electron chi connectivity index (χ3n) is 6.37. The minimum absolute atomic E-state index is 0.153. The van der Waals surface area contributed by atoms with E-state index in [-0.39, 0.29) is 23.6 Å². The van der Waals surface area contributed by atoms with E-state index in [1.807, 2.05) is 6.92 Å². The maximum atomic E-state index is 12.7. The zero-order chi connectivity index (χ0) is 28.9. The maximum absolute atomic E-state index is 12.7. The first-order valence-corrected chi connectivity index (χ1v) is 12.5. The molecule has 1 aliphatic heterocycles. The van der Waals surface area contributed by atoms with Crippen molar-refractivity contribution in [3.8, 4) is 0 Å². The summed E-state index contributed by atoms with van der Waals surface area (Å²) in [6.07, 6.45) is -0.516. The molecule has 1 amide bonds. The van der Waals surface area contributed by atoms with Crippen molar-refractivity contribution in [3.05, 3.63) is 94.4 Å². The summed E-state index contributed by atoms with van der Waals surface area (Å²) in [6.45, 7) is 2.82. The lowest BCUT2D eigenvalue weighted by Gasteiger charge is -2.21. The van der Waals surface area contributed by atoms with Crippen LogP contribution in [-0.4, -0.2) is 62.2 Å². The molecule has 0 radical (unpaired) electrons.